The van der Waals surface area contributed by atoms with Crippen molar-refractivity contribution in [3.05, 3.63) is 58.7 Å². The van der Waals surface area contributed by atoms with Crippen LogP contribution in [0.1, 0.15) is 24.0 Å². The molecule has 5 nitrogen and oxygen atoms in total. The van der Waals surface area contributed by atoms with Gasteiger partial charge in [0.05, 0.1) is 5.56 Å². The molecule has 1 aliphatic rings. The standard InChI is InChI=1S/C19H19ClN4O/c20-17-4-1-14(2-5-17)12-23-19(25)16-7-9-24(10-8-16)18-6-3-15(11-21)13-22-18/h1-6,13,16H,7-10,12H2,(H,23,25). The molecule has 0 spiro atoms. The third kappa shape index (κ3) is 4.49. The van der Waals surface area contributed by atoms with E-state index in [1.165, 1.54) is 0 Å². The van der Waals surface area contributed by atoms with Crippen LogP contribution < -0.4 is 10.2 Å². The quantitative estimate of drug-likeness (QED) is 0.915. The van der Waals surface area contributed by atoms with E-state index in [4.69, 9.17) is 16.9 Å². The Balaban J connectivity index is 1.48. The molecule has 1 amide bonds. The van der Waals surface area contributed by atoms with Gasteiger partial charge in [0.2, 0.25) is 5.91 Å². The number of nitrogens with one attached hydrogen (secondary N) is 1. The molecule has 25 heavy (non-hydrogen) atoms. The molecule has 3 rings (SSSR count). The molecule has 0 unspecified atom stereocenters. The number of benzene rings is 1. The second-order valence-electron chi connectivity index (χ2n) is 6.12. The molecule has 1 N–H and O–H groups in total. The minimum atomic E-state index is 0.0296. The minimum absolute atomic E-state index is 0.0296. The van der Waals surface area contributed by atoms with Gasteiger partial charge < -0.3 is 10.2 Å². The highest BCUT2D eigenvalue weighted by Crippen LogP contribution is 2.22. The Hall–Kier alpha value is -2.58. The molecule has 1 aromatic heterocycles. The van der Waals surface area contributed by atoms with Crippen LogP contribution in [0.5, 0.6) is 0 Å². The van der Waals surface area contributed by atoms with Crippen LogP contribution in [0.15, 0.2) is 42.6 Å². The minimum Gasteiger partial charge on any atom is -0.357 e. The van der Waals surface area contributed by atoms with Gasteiger partial charge in [0, 0.05) is 36.8 Å². The highest BCUT2D eigenvalue weighted by atomic mass is 35.5. The number of aromatic nitrogens is 1. The fourth-order valence-electron chi connectivity index (χ4n) is 2.95. The maximum atomic E-state index is 12.4. The summed E-state index contributed by atoms with van der Waals surface area (Å²) in [5.41, 5.74) is 1.59. The number of carbonyl (C=O) groups excluding carboxylic acids is 1. The van der Waals surface area contributed by atoms with Crippen LogP contribution in [0.2, 0.25) is 5.02 Å². The lowest BCUT2D eigenvalue weighted by atomic mass is 9.95. The Bertz CT molecular complexity index is 760. The highest BCUT2D eigenvalue weighted by Gasteiger charge is 2.25. The summed E-state index contributed by atoms with van der Waals surface area (Å²) < 4.78 is 0. The number of pyridine rings is 1. The zero-order chi connectivity index (χ0) is 17.6. The summed E-state index contributed by atoms with van der Waals surface area (Å²) in [6.07, 6.45) is 3.18. The Morgan fingerprint density at radius 1 is 1.24 bits per heavy atom. The van der Waals surface area contributed by atoms with E-state index in [0.717, 1.165) is 37.3 Å². The molecular formula is C19H19ClN4O. The van der Waals surface area contributed by atoms with E-state index in [9.17, 15) is 4.79 Å². The van der Waals surface area contributed by atoms with Crippen molar-refractivity contribution in [1.29, 1.82) is 5.26 Å². The van der Waals surface area contributed by atoms with Gasteiger partial charge in [0.1, 0.15) is 11.9 Å². The van der Waals surface area contributed by atoms with Crippen molar-refractivity contribution in [2.75, 3.05) is 18.0 Å². The number of amides is 1. The average molecular weight is 355 g/mol. The van der Waals surface area contributed by atoms with E-state index in [0.29, 0.717) is 17.1 Å². The van der Waals surface area contributed by atoms with Crippen LogP contribution in [0, 0.1) is 17.2 Å². The predicted molar refractivity (Wildman–Crippen MR) is 97.2 cm³/mol. The normalized spacial score (nSPS) is 14.8. The smallest absolute Gasteiger partial charge is 0.223 e. The van der Waals surface area contributed by atoms with Crippen molar-refractivity contribution >= 4 is 23.3 Å². The van der Waals surface area contributed by atoms with Crippen LogP contribution in [0.4, 0.5) is 5.82 Å². The number of nitriles is 1. The van der Waals surface area contributed by atoms with Crippen molar-refractivity contribution in [2.45, 2.75) is 19.4 Å². The van der Waals surface area contributed by atoms with Gasteiger partial charge in [-0.1, -0.05) is 23.7 Å². The summed E-state index contributed by atoms with van der Waals surface area (Å²) in [5, 5.41) is 12.5. The molecule has 1 fully saturated rings. The molecule has 1 aromatic carbocycles. The summed E-state index contributed by atoms with van der Waals surface area (Å²) in [7, 11) is 0. The first-order valence-electron chi connectivity index (χ1n) is 8.29. The molecule has 2 aromatic rings. The fourth-order valence-corrected chi connectivity index (χ4v) is 3.07. The summed E-state index contributed by atoms with van der Waals surface area (Å²) >= 11 is 5.86. The maximum Gasteiger partial charge on any atom is 0.223 e. The van der Waals surface area contributed by atoms with Crippen LogP contribution >= 0.6 is 11.6 Å². The van der Waals surface area contributed by atoms with Crippen molar-refractivity contribution in [1.82, 2.24) is 10.3 Å². The number of rotatable bonds is 4. The number of hydrogen-bond acceptors (Lipinski definition) is 4. The molecule has 128 valence electrons. The average Bonchev–Trinajstić information content (AvgIpc) is 2.67. The number of halogens is 1. The zero-order valence-electron chi connectivity index (χ0n) is 13.8. The van der Waals surface area contributed by atoms with Gasteiger partial charge in [-0.05, 0) is 42.7 Å². The van der Waals surface area contributed by atoms with Gasteiger partial charge >= 0.3 is 0 Å². The van der Waals surface area contributed by atoms with E-state index < -0.39 is 0 Å². The first kappa shape index (κ1) is 17.2. The Morgan fingerprint density at radius 3 is 2.56 bits per heavy atom. The van der Waals surface area contributed by atoms with Gasteiger partial charge in [-0.2, -0.15) is 5.26 Å². The van der Waals surface area contributed by atoms with Gasteiger partial charge in [-0.3, -0.25) is 4.79 Å². The highest BCUT2D eigenvalue weighted by molar-refractivity contribution is 6.30. The Morgan fingerprint density at radius 2 is 1.96 bits per heavy atom. The van der Waals surface area contributed by atoms with Crippen molar-refractivity contribution in [2.24, 2.45) is 5.92 Å². The first-order valence-corrected chi connectivity index (χ1v) is 8.67. The monoisotopic (exact) mass is 354 g/mol. The third-order valence-corrected chi connectivity index (χ3v) is 4.70. The van der Waals surface area contributed by atoms with Gasteiger partial charge in [0.15, 0.2) is 0 Å². The molecule has 0 radical (unpaired) electrons. The lowest BCUT2D eigenvalue weighted by molar-refractivity contribution is -0.125. The topological polar surface area (TPSA) is 69.0 Å². The Labute approximate surface area is 152 Å². The van der Waals surface area contributed by atoms with E-state index in [1.54, 1.807) is 12.3 Å². The van der Waals surface area contributed by atoms with Crippen LogP contribution in [0.25, 0.3) is 0 Å². The van der Waals surface area contributed by atoms with Gasteiger partial charge in [-0.15, -0.1) is 0 Å². The number of piperidine rings is 1. The summed E-state index contributed by atoms with van der Waals surface area (Å²) in [6.45, 7) is 2.10. The third-order valence-electron chi connectivity index (χ3n) is 4.45. The number of anilines is 1. The van der Waals surface area contributed by atoms with E-state index >= 15 is 0 Å². The van der Waals surface area contributed by atoms with Crippen molar-refractivity contribution in [3.63, 3.8) is 0 Å². The number of nitrogens with zero attached hydrogens (tertiary/aromatic N) is 3. The summed E-state index contributed by atoms with van der Waals surface area (Å²) in [5.74, 6) is 0.989. The molecule has 0 atom stereocenters. The first-order chi connectivity index (χ1) is 12.2. The maximum absolute atomic E-state index is 12.4. The zero-order valence-corrected chi connectivity index (χ0v) is 14.5. The lowest BCUT2D eigenvalue weighted by Gasteiger charge is -2.32. The largest absolute Gasteiger partial charge is 0.357 e. The second-order valence-corrected chi connectivity index (χ2v) is 6.56. The predicted octanol–water partition coefficient (Wildman–Crippen LogP) is 3.14. The summed E-state index contributed by atoms with van der Waals surface area (Å²) in [4.78, 5) is 18.8. The second kappa shape index (κ2) is 8.00. The molecule has 0 saturated carbocycles. The van der Waals surface area contributed by atoms with E-state index in [-0.39, 0.29) is 11.8 Å². The van der Waals surface area contributed by atoms with E-state index in [1.807, 2.05) is 30.3 Å². The van der Waals surface area contributed by atoms with Crippen LogP contribution in [0.3, 0.4) is 0 Å². The molecule has 1 aliphatic heterocycles. The van der Waals surface area contributed by atoms with Gasteiger partial charge in [0.25, 0.3) is 0 Å². The molecule has 6 heteroatoms. The SMILES string of the molecule is N#Cc1ccc(N2CCC(C(=O)NCc3ccc(Cl)cc3)CC2)nc1. The molecule has 0 aliphatic carbocycles. The number of carbonyl (C=O) groups is 1. The number of hydrogen-bond donors (Lipinski definition) is 1. The molecule has 0 bridgehead atoms. The summed E-state index contributed by atoms with van der Waals surface area (Å²) in [6, 6.07) is 13.2. The molecule has 1 saturated heterocycles. The van der Waals surface area contributed by atoms with Crippen LogP contribution in [-0.2, 0) is 11.3 Å². The van der Waals surface area contributed by atoms with Crippen LogP contribution in [-0.4, -0.2) is 24.0 Å². The van der Waals surface area contributed by atoms with Crippen molar-refractivity contribution in [3.8, 4) is 6.07 Å². The fraction of sp³-hybridized carbons (Fsp3) is 0.316. The van der Waals surface area contributed by atoms with Gasteiger partial charge in [-0.25, -0.2) is 4.98 Å². The molecule has 2 heterocycles. The lowest BCUT2D eigenvalue weighted by Crippen LogP contribution is -2.40. The van der Waals surface area contributed by atoms with Crippen molar-refractivity contribution < 1.29 is 4.79 Å². The van der Waals surface area contributed by atoms with E-state index in [2.05, 4.69) is 21.3 Å². The Kier molecular flexibility index (Phi) is 5.52. The molecular weight excluding hydrogens is 336 g/mol.